The largest absolute Gasteiger partial charge is 0.487 e. The summed E-state index contributed by atoms with van der Waals surface area (Å²) in [6.07, 6.45) is -0.784. The van der Waals surface area contributed by atoms with Crippen LogP contribution in [0.25, 0.3) is 10.1 Å². The van der Waals surface area contributed by atoms with Gasteiger partial charge in [-0.15, -0.1) is 11.3 Å². The molecule has 1 aromatic heterocycles. The number of benzene rings is 3. The first kappa shape index (κ1) is 22.2. The number of halogens is 1. The van der Waals surface area contributed by atoms with E-state index >= 15 is 0 Å². The summed E-state index contributed by atoms with van der Waals surface area (Å²) in [5.41, 5.74) is 0.659. The van der Waals surface area contributed by atoms with E-state index in [1.54, 1.807) is 12.1 Å². The zero-order chi connectivity index (χ0) is 23.0. The topological polar surface area (TPSA) is 84.9 Å². The van der Waals surface area contributed by atoms with Crippen molar-refractivity contribution in [3.05, 3.63) is 88.3 Å². The zero-order valence-corrected chi connectivity index (χ0v) is 19.7. The third-order valence-corrected chi connectivity index (χ3v) is 8.25. The minimum Gasteiger partial charge on any atom is -0.487 e. The molecule has 2 heterocycles. The van der Waals surface area contributed by atoms with E-state index in [2.05, 4.69) is 4.72 Å². The average Bonchev–Trinajstić information content (AvgIpc) is 3.15. The van der Waals surface area contributed by atoms with Gasteiger partial charge in [-0.3, -0.25) is 0 Å². The Morgan fingerprint density at radius 1 is 0.970 bits per heavy atom. The Hall–Kier alpha value is -2.62. The number of rotatable bonds is 5. The molecule has 0 bridgehead atoms. The van der Waals surface area contributed by atoms with Gasteiger partial charge in [-0.1, -0.05) is 48.0 Å². The summed E-state index contributed by atoms with van der Waals surface area (Å²) in [7, 11) is -3.97. The van der Waals surface area contributed by atoms with Crippen molar-refractivity contribution in [2.45, 2.75) is 17.0 Å². The summed E-state index contributed by atoms with van der Waals surface area (Å²) in [4.78, 5) is 0.852. The normalized spacial score (nSPS) is 17.0. The molecule has 5 rings (SSSR count). The molecular formula is C24H20ClNO5S2. The highest BCUT2D eigenvalue weighted by Gasteiger charge is 2.27. The zero-order valence-electron chi connectivity index (χ0n) is 17.3. The summed E-state index contributed by atoms with van der Waals surface area (Å²) in [5, 5.41) is 11.3. The van der Waals surface area contributed by atoms with E-state index in [0.29, 0.717) is 16.3 Å². The third-order valence-electron chi connectivity index (χ3n) is 5.31. The molecule has 1 aliphatic heterocycles. The fraction of sp³-hybridized carbons (Fsp3) is 0.167. The van der Waals surface area contributed by atoms with Gasteiger partial charge in [0.2, 0.25) is 10.0 Å². The molecule has 1 unspecified atom stereocenters. The molecule has 170 valence electrons. The van der Waals surface area contributed by atoms with Crippen molar-refractivity contribution in [1.29, 1.82) is 0 Å². The average molecular weight is 502 g/mol. The predicted octanol–water partition coefficient (Wildman–Crippen LogP) is 4.75. The molecule has 3 aromatic carbocycles. The number of fused-ring (bicyclic) bond motifs is 2. The molecule has 6 nitrogen and oxygen atoms in total. The molecule has 0 saturated heterocycles. The van der Waals surface area contributed by atoms with E-state index in [9.17, 15) is 13.5 Å². The monoisotopic (exact) mass is 501 g/mol. The van der Waals surface area contributed by atoms with Crippen LogP contribution in [0.2, 0.25) is 5.02 Å². The molecule has 0 saturated carbocycles. The summed E-state index contributed by atoms with van der Waals surface area (Å²) in [6, 6.07) is 20.8. The predicted molar refractivity (Wildman–Crippen MR) is 129 cm³/mol. The summed E-state index contributed by atoms with van der Waals surface area (Å²) in [5.74, 6) is 0.656. The third kappa shape index (κ3) is 4.58. The minimum absolute atomic E-state index is 0.0218. The number of sulfonamides is 1. The maximum atomic E-state index is 13.5. The molecule has 9 heteroatoms. The lowest BCUT2D eigenvalue weighted by Gasteiger charge is -2.20. The second-order valence-electron chi connectivity index (χ2n) is 7.65. The highest BCUT2D eigenvalue weighted by molar-refractivity contribution is 7.89. The first-order chi connectivity index (χ1) is 15.9. The van der Waals surface area contributed by atoms with Crippen LogP contribution in [0.3, 0.4) is 0 Å². The van der Waals surface area contributed by atoms with Gasteiger partial charge in [0.15, 0.2) is 11.5 Å². The van der Waals surface area contributed by atoms with Crippen LogP contribution in [0.1, 0.15) is 16.5 Å². The van der Waals surface area contributed by atoms with Gasteiger partial charge in [-0.2, -0.15) is 4.72 Å². The van der Waals surface area contributed by atoms with E-state index in [-0.39, 0.29) is 23.9 Å². The van der Waals surface area contributed by atoms with Crippen molar-refractivity contribution in [1.82, 2.24) is 4.72 Å². The Kier molecular flexibility index (Phi) is 6.03. The molecule has 33 heavy (non-hydrogen) atoms. The van der Waals surface area contributed by atoms with Crippen LogP contribution in [-0.2, 0) is 10.0 Å². The number of hydrogen-bond donors (Lipinski definition) is 2. The molecule has 4 aromatic rings. The number of aliphatic hydroxyl groups excluding tert-OH is 1. The van der Waals surface area contributed by atoms with Gasteiger partial charge in [0.1, 0.15) is 19.3 Å². The molecule has 0 spiro atoms. The van der Waals surface area contributed by atoms with Crippen LogP contribution in [0.4, 0.5) is 0 Å². The lowest BCUT2D eigenvalue weighted by molar-refractivity contribution is 0.0801. The summed E-state index contributed by atoms with van der Waals surface area (Å²) in [6.45, 7) is 0.103. The first-order valence-corrected chi connectivity index (χ1v) is 12.9. The van der Waals surface area contributed by atoms with Gasteiger partial charge in [0.05, 0.1) is 10.9 Å². The number of ether oxygens (including phenoxy) is 2. The molecular weight excluding hydrogens is 482 g/mol. The lowest BCUT2D eigenvalue weighted by atomic mass is 10.1. The summed E-state index contributed by atoms with van der Waals surface area (Å²) < 4.78 is 41.8. The quantitative estimate of drug-likeness (QED) is 0.412. The van der Waals surface area contributed by atoms with Crippen molar-refractivity contribution < 1.29 is 23.0 Å². The molecule has 0 aliphatic carbocycles. The van der Waals surface area contributed by atoms with Crippen molar-refractivity contribution in [2.24, 2.45) is 0 Å². The SMILES string of the molecule is O=S(=O)(NC(c1cc2ccccc2s1)c1ccccc1Cl)c1ccc2c(c1)OC[C@@H](O)CO2. The maximum Gasteiger partial charge on any atom is 0.241 e. The smallest absolute Gasteiger partial charge is 0.241 e. The molecule has 2 N–H and O–H groups in total. The van der Waals surface area contributed by atoms with Crippen LogP contribution < -0.4 is 14.2 Å². The van der Waals surface area contributed by atoms with E-state index in [1.807, 2.05) is 42.5 Å². The lowest BCUT2D eigenvalue weighted by Crippen LogP contribution is -2.29. The number of hydrogen-bond acceptors (Lipinski definition) is 6. The Balaban J connectivity index is 1.55. The van der Waals surface area contributed by atoms with E-state index in [1.165, 1.54) is 29.5 Å². The van der Waals surface area contributed by atoms with E-state index in [4.69, 9.17) is 21.1 Å². The van der Waals surface area contributed by atoms with Gasteiger partial charge in [0.25, 0.3) is 0 Å². The minimum atomic E-state index is -3.97. The van der Waals surface area contributed by atoms with Crippen LogP contribution in [0.15, 0.2) is 77.7 Å². The Labute approximate surface area is 200 Å². The van der Waals surface area contributed by atoms with Gasteiger partial charge in [-0.25, -0.2) is 8.42 Å². The van der Waals surface area contributed by atoms with E-state index in [0.717, 1.165) is 15.0 Å². The molecule has 0 radical (unpaired) electrons. The standard InChI is InChI=1S/C24H20ClNO5S2/c25-19-7-3-2-6-18(19)24(23-11-15-5-1-4-8-22(15)32-23)26-33(28,29)17-9-10-20-21(12-17)31-14-16(27)13-30-20/h1-12,16,24,26-27H,13-14H2/t16-,24?/m0/s1. The van der Waals surface area contributed by atoms with Crippen LogP contribution in [0, 0.1) is 0 Å². The number of nitrogens with one attached hydrogen (secondary N) is 1. The number of thiophene rings is 1. The van der Waals surface area contributed by atoms with E-state index < -0.39 is 22.2 Å². The fourth-order valence-corrected chi connectivity index (χ4v) is 6.32. The van der Waals surface area contributed by atoms with Gasteiger partial charge < -0.3 is 14.6 Å². The van der Waals surface area contributed by atoms with Crippen LogP contribution >= 0.6 is 22.9 Å². The van der Waals surface area contributed by atoms with Gasteiger partial charge >= 0.3 is 0 Å². The Morgan fingerprint density at radius 3 is 2.48 bits per heavy atom. The van der Waals surface area contributed by atoms with Gasteiger partial charge in [-0.05, 0) is 41.3 Å². The highest BCUT2D eigenvalue weighted by atomic mass is 35.5. The van der Waals surface area contributed by atoms with Crippen molar-refractivity contribution in [3.63, 3.8) is 0 Å². The summed E-state index contributed by atoms with van der Waals surface area (Å²) >= 11 is 7.99. The molecule has 1 aliphatic rings. The van der Waals surface area contributed by atoms with Crippen molar-refractivity contribution in [3.8, 4) is 11.5 Å². The molecule has 2 atom stereocenters. The van der Waals surface area contributed by atoms with Crippen molar-refractivity contribution in [2.75, 3.05) is 13.2 Å². The second kappa shape index (κ2) is 8.96. The van der Waals surface area contributed by atoms with Crippen LogP contribution in [0.5, 0.6) is 11.5 Å². The Bertz CT molecular complexity index is 1390. The van der Waals surface area contributed by atoms with Crippen LogP contribution in [-0.4, -0.2) is 32.8 Å². The highest BCUT2D eigenvalue weighted by Crippen LogP contribution is 2.37. The first-order valence-electron chi connectivity index (χ1n) is 10.2. The molecule has 0 amide bonds. The van der Waals surface area contributed by atoms with Crippen molar-refractivity contribution >= 4 is 43.0 Å². The number of aliphatic hydroxyl groups is 1. The second-order valence-corrected chi connectivity index (χ2v) is 10.9. The fourth-order valence-electron chi connectivity index (χ4n) is 3.66. The Morgan fingerprint density at radius 2 is 1.70 bits per heavy atom. The maximum absolute atomic E-state index is 13.5. The van der Waals surface area contributed by atoms with Gasteiger partial charge in [0, 0.05) is 20.7 Å². The molecule has 0 fully saturated rings.